The van der Waals surface area contributed by atoms with Gasteiger partial charge in [0, 0.05) is 56.8 Å². The quantitative estimate of drug-likeness (QED) is 0.664. The third-order valence-corrected chi connectivity index (χ3v) is 7.63. The lowest BCUT2D eigenvalue weighted by molar-refractivity contribution is -0.133. The molecule has 0 unspecified atom stereocenters. The second kappa shape index (κ2) is 10.6. The monoisotopic (exact) mass is 477 g/mol. The van der Waals surface area contributed by atoms with Crippen molar-refractivity contribution in [3.8, 4) is 0 Å². The van der Waals surface area contributed by atoms with Gasteiger partial charge in [-0.2, -0.15) is 5.10 Å². The SMILES string of the molecule is O=C1CN(C(=O)c2nn(CCCc3ccccc3)c3c2CN(C(=O)CC2CCCC2)CC3)CCN1. The lowest BCUT2D eigenvalue weighted by Crippen LogP contribution is -2.50. The van der Waals surface area contributed by atoms with E-state index in [0.29, 0.717) is 50.6 Å². The Balaban J connectivity index is 1.34. The number of piperazine rings is 1. The Labute approximate surface area is 206 Å². The van der Waals surface area contributed by atoms with Crippen molar-refractivity contribution in [1.29, 1.82) is 0 Å². The zero-order valence-electron chi connectivity index (χ0n) is 20.4. The summed E-state index contributed by atoms with van der Waals surface area (Å²) in [5.41, 5.74) is 3.63. The average Bonchev–Trinajstić information content (AvgIpc) is 3.52. The summed E-state index contributed by atoms with van der Waals surface area (Å²) >= 11 is 0. The smallest absolute Gasteiger partial charge is 0.275 e. The number of nitrogens with zero attached hydrogens (tertiary/aromatic N) is 4. The van der Waals surface area contributed by atoms with Gasteiger partial charge in [0.05, 0.1) is 6.54 Å². The van der Waals surface area contributed by atoms with Crippen LogP contribution in [0.2, 0.25) is 0 Å². The second-order valence-electron chi connectivity index (χ2n) is 10.1. The van der Waals surface area contributed by atoms with Crippen molar-refractivity contribution < 1.29 is 14.4 Å². The summed E-state index contributed by atoms with van der Waals surface area (Å²) in [4.78, 5) is 41.9. The van der Waals surface area contributed by atoms with Crippen LogP contribution in [0, 0.1) is 5.92 Å². The van der Waals surface area contributed by atoms with Crippen LogP contribution in [0.5, 0.6) is 0 Å². The van der Waals surface area contributed by atoms with E-state index in [1.54, 1.807) is 4.90 Å². The van der Waals surface area contributed by atoms with Gasteiger partial charge in [-0.1, -0.05) is 43.2 Å². The Morgan fingerprint density at radius 2 is 1.83 bits per heavy atom. The third-order valence-electron chi connectivity index (χ3n) is 7.63. The average molecular weight is 478 g/mol. The van der Waals surface area contributed by atoms with Gasteiger partial charge in [-0.3, -0.25) is 19.1 Å². The maximum absolute atomic E-state index is 13.4. The molecule has 1 aromatic carbocycles. The molecule has 0 spiro atoms. The fraction of sp³-hybridized carbons (Fsp3) is 0.556. The van der Waals surface area contributed by atoms with Gasteiger partial charge in [0.15, 0.2) is 5.69 Å². The predicted molar refractivity (Wildman–Crippen MR) is 132 cm³/mol. The highest BCUT2D eigenvalue weighted by Gasteiger charge is 2.33. The highest BCUT2D eigenvalue weighted by molar-refractivity contribution is 5.97. The zero-order valence-corrected chi connectivity index (χ0v) is 20.4. The molecule has 0 atom stereocenters. The van der Waals surface area contributed by atoms with Crippen molar-refractivity contribution >= 4 is 17.7 Å². The predicted octanol–water partition coefficient (Wildman–Crippen LogP) is 2.55. The van der Waals surface area contributed by atoms with E-state index in [0.717, 1.165) is 43.5 Å². The molecule has 35 heavy (non-hydrogen) atoms. The summed E-state index contributed by atoms with van der Waals surface area (Å²) in [6.45, 7) is 2.81. The Morgan fingerprint density at radius 3 is 2.60 bits per heavy atom. The van der Waals surface area contributed by atoms with Crippen LogP contribution in [0.3, 0.4) is 0 Å². The van der Waals surface area contributed by atoms with E-state index in [4.69, 9.17) is 5.10 Å². The van der Waals surface area contributed by atoms with Crippen molar-refractivity contribution in [3.05, 3.63) is 52.8 Å². The number of amides is 3. The molecular formula is C27H35N5O3. The number of fused-ring (bicyclic) bond motifs is 1. The summed E-state index contributed by atoms with van der Waals surface area (Å²) in [7, 11) is 0. The molecule has 186 valence electrons. The minimum Gasteiger partial charge on any atom is -0.353 e. The van der Waals surface area contributed by atoms with Gasteiger partial charge in [-0.15, -0.1) is 0 Å². The van der Waals surface area contributed by atoms with Gasteiger partial charge < -0.3 is 15.1 Å². The number of aromatic nitrogens is 2. The Bertz CT molecular complexity index is 1070. The van der Waals surface area contributed by atoms with Crippen molar-refractivity contribution in [1.82, 2.24) is 24.9 Å². The Hall–Kier alpha value is -3.16. The van der Waals surface area contributed by atoms with Gasteiger partial charge in [-0.25, -0.2) is 0 Å². The van der Waals surface area contributed by atoms with Gasteiger partial charge >= 0.3 is 0 Å². The van der Waals surface area contributed by atoms with Gasteiger partial charge in [-0.05, 0) is 37.2 Å². The molecule has 3 heterocycles. The van der Waals surface area contributed by atoms with E-state index >= 15 is 0 Å². The number of hydrogen-bond donors (Lipinski definition) is 1. The van der Waals surface area contributed by atoms with E-state index in [1.807, 2.05) is 27.8 Å². The van der Waals surface area contributed by atoms with Gasteiger partial charge in [0.1, 0.15) is 0 Å². The van der Waals surface area contributed by atoms with Crippen LogP contribution in [-0.4, -0.2) is 63.5 Å². The Morgan fingerprint density at radius 1 is 1.03 bits per heavy atom. The van der Waals surface area contributed by atoms with Crippen LogP contribution < -0.4 is 5.32 Å². The molecule has 3 aliphatic rings. The molecule has 1 saturated carbocycles. The molecule has 0 bridgehead atoms. The topological polar surface area (TPSA) is 87.5 Å². The third kappa shape index (κ3) is 5.41. The number of carbonyl (C=O) groups is 3. The minimum atomic E-state index is -0.206. The van der Waals surface area contributed by atoms with E-state index in [2.05, 4.69) is 17.4 Å². The summed E-state index contributed by atoms with van der Waals surface area (Å²) in [6.07, 6.45) is 7.91. The Kier molecular flexibility index (Phi) is 7.16. The highest BCUT2D eigenvalue weighted by atomic mass is 16.2. The van der Waals surface area contributed by atoms with E-state index in [9.17, 15) is 14.4 Å². The first kappa shape index (κ1) is 23.6. The van der Waals surface area contributed by atoms with Crippen molar-refractivity contribution in [2.45, 2.75) is 64.5 Å². The molecule has 1 aromatic heterocycles. The summed E-state index contributed by atoms with van der Waals surface area (Å²) in [5, 5.41) is 7.55. The van der Waals surface area contributed by atoms with Crippen LogP contribution in [-0.2, 0) is 35.5 Å². The normalized spacial score (nSPS) is 18.5. The minimum absolute atomic E-state index is 0.0544. The van der Waals surface area contributed by atoms with Crippen molar-refractivity contribution in [3.63, 3.8) is 0 Å². The number of benzene rings is 1. The highest BCUT2D eigenvalue weighted by Crippen LogP contribution is 2.30. The van der Waals surface area contributed by atoms with E-state index < -0.39 is 0 Å². The first-order valence-electron chi connectivity index (χ1n) is 13.0. The molecule has 2 aliphatic heterocycles. The van der Waals surface area contributed by atoms with Crippen LogP contribution in [0.4, 0.5) is 0 Å². The summed E-state index contributed by atoms with van der Waals surface area (Å²) < 4.78 is 1.98. The molecule has 8 heteroatoms. The molecule has 8 nitrogen and oxygen atoms in total. The largest absolute Gasteiger partial charge is 0.353 e. The first-order chi connectivity index (χ1) is 17.1. The van der Waals surface area contributed by atoms with Crippen LogP contribution in [0.15, 0.2) is 30.3 Å². The maximum atomic E-state index is 13.4. The number of carbonyl (C=O) groups excluding carboxylic acids is 3. The van der Waals surface area contributed by atoms with E-state index in [-0.39, 0.29) is 24.3 Å². The standard InChI is InChI=1S/C27H35N5O3/c33-24-19-31(16-13-28-24)27(35)26-22-18-30(25(34)17-21-9-4-5-10-21)15-12-23(22)32(29-26)14-6-11-20-7-2-1-3-8-20/h1-3,7-8,21H,4-6,9-19H2,(H,28,33). The number of aryl methyl sites for hydroxylation is 2. The lowest BCUT2D eigenvalue weighted by atomic mass is 10.00. The molecule has 1 aliphatic carbocycles. The fourth-order valence-corrected chi connectivity index (χ4v) is 5.69. The zero-order chi connectivity index (χ0) is 24.2. The van der Waals surface area contributed by atoms with Crippen LogP contribution in [0.25, 0.3) is 0 Å². The van der Waals surface area contributed by atoms with E-state index in [1.165, 1.54) is 18.4 Å². The van der Waals surface area contributed by atoms with Crippen molar-refractivity contribution in [2.24, 2.45) is 5.92 Å². The molecule has 1 saturated heterocycles. The van der Waals surface area contributed by atoms with Crippen LogP contribution in [0.1, 0.15) is 65.8 Å². The molecule has 2 aromatic rings. The molecule has 2 fully saturated rings. The van der Waals surface area contributed by atoms with Gasteiger partial charge in [0.2, 0.25) is 11.8 Å². The first-order valence-corrected chi connectivity index (χ1v) is 13.0. The summed E-state index contributed by atoms with van der Waals surface area (Å²) in [5.74, 6) is 0.338. The number of nitrogens with one attached hydrogen (secondary N) is 1. The molecule has 3 amide bonds. The van der Waals surface area contributed by atoms with Crippen molar-refractivity contribution in [2.75, 3.05) is 26.2 Å². The molecule has 5 rings (SSSR count). The second-order valence-corrected chi connectivity index (χ2v) is 10.1. The lowest BCUT2D eigenvalue weighted by Gasteiger charge is -2.30. The molecule has 1 N–H and O–H groups in total. The summed E-state index contributed by atoms with van der Waals surface area (Å²) in [6, 6.07) is 10.4. The van der Waals surface area contributed by atoms with Gasteiger partial charge in [0.25, 0.3) is 5.91 Å². The molecule has 0 radical (unpaired) electrons. The fourth-order valence-electron chi connectivity index (χ4n) is 5.69. The molecular weight excluding hydrogens is 442 g/mol. The number of rotatable bonds is 7. The van der Waals surface area contributed by atoms with Crippen LogP contribution >= 0.6 is 0 Å². The number of hydrogen-bond acceptors (Lipinski definition) is 4. The maximum Gasteiger partial charge on any atom is 0.275 e.